The van der Waals surface area contributed by atoms with Crippen LogP contribution in [-0.2, 0) is 15.2 Å². The van der Waals surface area contributed by atoms with Gasteiger partial charge in [-0.1, -0.05) is 40.6 Å². The van der Waals surface area contributed by atoms with E-state index in [0.717, 1.165) is 5.56 Å². The third kappa shape index (κ3) is 2.67. The molecule has 2 aromatic rings. The molecule has 1 atom stereocenters. The van der Waals surface area contributed by atoms with Crippen LogP contribution in [0.5, 0.6) is 0 Å². The van der Waals surface area contributed by atoms with Crippen molar-refractivity contribution in [2.45, 2.75) is 32.0 Å². The fourth-order valence-electron chi connectivity index (χ4n) is 2.03. The van der Waals surface area contributed by atoms with Crippen molar-refractivity contribution in [2.75, 3.05) is 7.11 Å². The molecule has 0 N–H and O–H groups in total. The first-order chi connectivity index (χ1) is 10.1. The quantitative estimate of drug-likeness (QED) is 0.864. The predicted molar refractivity (Wildman–Crippen MR) is 75.8 cm³/mol. The normalized spacial score (nSPS) is 18.4. The smallest absolute Gasteiger partial charge is 0.275 e. The Balaban J connectivity index is 1.75. The molecule has 0 radical (unpaired) electrons. The number of hydrogen-bond donors (Lipinski definition) is 0. The van der Waals surface area contributed by atoms with Gasteiger partial charge in [0.25, 0.3) is 5.89 Å². The molecule has 2 heterocycles. The second kappa shape index (κ2) is 5.29. The molecular formula is C15H17N3O3. The molecule has 1 aromatic carbocycles. The zero-order valence-electron chi connectivity index (χ0n) is 12.2. The average molecular weight is 287 g/mol. The molecule has 6 nitrogen and oxygen atoms in total. The van der Waals surface area contributed by atoms with Gasteiger partial charge in [-0.2, -0.15) is 4.98 Å². The second-order valence-corrected chi connectivity index (χ2v) is 5.38. The van der Waals surface area contributed by atoms with Crippen LogP contribution < -0.4 is 0 Å². The van der Waals surface area contributed by atoms with Crippen molar-refractivity contribution in [3.63, 3.8) is 0 Å². The Morgan fingerprint density at radius 1 is 1.24 bits per heavy atom. The zero-order valence-corrected chi connectivity index (χ0v) is 12.2. The van der Waals surface area contributed by atoms with Crippen LogP contribution in [0, 0.1) is 0 Å². The molecular weight excluding hydrogens is 270 g/mol. The van der Waals surface area contributed by atoms with Crippen LogP contribution in [0.4, 0.5) is 0 Å². The summed E-state index contributed by atoms with van der Waals surface area (Å²) in [5.41, 5.74) is 1.14. The van der Waals surface area contributed by atoms with Crippen LogP contribution in [-0.4, -0.2) is 23.0 Å². The summed E-state index contributed by atoms with van der Waals surface area (Å²) >= 11 is 0. The van der Waals surface area contributed by atoms with Crippen LogP contribution in [0.25, 0.3) is 0 Å². The molecule has 0 saturated carbocycles. The van der Waals surface area contributed by atoms with Gasteiger partial charge in [-0.25, -0.2) is 0 Å². The highest BCUT2D eigenvalue weighted by atomic mass is 16.6. The minimum Gasteiger partial charge on any atom is -0.387 e. The summed E-state index contributed by atoms with van der Waals surface area (Å²) in [7, 11) is 1.61. The Labute approximate surface area is 122 Å². The van der Waals surface area contributed by atoms with E-state index in [1.807, 2.05) is 44.2 Å². The first-order valence-corrected chi connectivity index (χ1v) is 6.77. The lowest BCUT2D eigenvalue weighted by molar-refractivity contribution is 0.00973. The van der Waals surface area contributed by atoms with E-state index in [1.165, 1.54) is 0 Å². The number of nitrogens with zero attached hydrogens (tertiary/aromatic N) is 3. The number of benzene rings is 1. The van der Waals surface area contributed by atoms with Gasteiger partial charge >= 0.3 is 0 Å². The van der Waals surface area contributed by atoms with Crippen molar-refractivity contribution in [3.8, 4) is 0 Å². The summed E-state index contributed by atoms with van der Waals surface area (Å²) in [6.45, 7) is 3.75. The summed E-state index contributed by atoms with van der Waals surface area (Å²) in [5, 5.41) is 8.02. The first-order valence-electron chi connectivity index (χ1n) is 6.77. The topological polar surface area (TPSA) is 69.7 Å². The molecule has 6 heteroatoms. The lowest BCUT2D eigenvalue weighted by atomic mass is 10.0. The van der Waals surface area contributed by atoms with Gasteiger partial charge in [-0.3, -0.25) is 0 Å². The number of hydrogen-bond acceptors (Lipinski definition) is 6. The fourth-order valence-corrected chi connectivity index (χ4v) is 2.03. The van der Waals surface area contributed by atoms with E-state index in [1.54, 1.807) is 7.11 Å². The fraction of sp³-hybridized carbons (Fsp3) is 0.400. The number of ether oxygens (including phenoxy) is 1. The van der Waals surface area contributed by atoms with Crippen LogP contribution in [0.2, 0.25) is 0 Å². The zero-order chi connectivity index (χ0) is 14.9. The van der Waals surface area contributed by atoms with Crippen molar-refractivity contribution in [2.24, 2.45) is 5.16 Å². The van der Waals surface area contributed by atoms with E-state index in [2.05, 4.69) is 15.3 Å². The van der Waals surface area contributed by atoms with Crippen molar-refractivity contribution in [1.29, 1.82) is 0 Å². The molecule has 1 unspecified atom stereocenters. The summed E-state index contributed by atoms with van der Waals surface area (Å²) in [6, 6.07) is 9.94. The molecule has 0 bridgehead atoms. The Bertz CT molecular complexity index is 649. The van der Waals surface area contributed by atoms with Gasteiger partial charge in [0, 0.05) is 13.5 Å². The van der Waals surface area contributed by atoms with E-state index >= 15 is 0 Å². The van der Waals surface area contributed by atoms with Crippen LogP contribution in [0.3, 0.4) is 0 Å². The molecule has 1 aliphatic heterocycles. The first kappa shape index (κ1) is 13.8. The molecule has 0 fully saturated rings. The van der Waals surface area contributed by atoms with E-state index < -0.39 is 5.60 Å². The van der Waals surface area contributed by atoms with Gasteiger partial charge in [-0.05, 0) is 19.4 Å². The summed E-state index contributed by atoms with van der Waals surface area (Å²) in [6.07, 6.45) is 0.506. The highest BCUT2D eigenvalue weighted by Crippen LogP contribution is 2.29. The number of oxime groups is 1. The van der Waals surface area contributed by atoms with E-state index in [9.17, 15) is 0 Å². The molecule has 0 amide bonds. The van der Waals surface area contributed by atoms with Crippen molar-refractivity contribution < 1.29 is 14.1 Å². The van der Waals surface area contributed by atoms with Crippen LogP contribution >= 0.6 is 0 Å². The minimum atomic E-state index is -0.597. The van der Waals surface area contributed by atoms with E-state index in [4.69, 9.17) is 14.1 Å². The Morgan fingerprint density at radius 2 is 2.00 bits per heavy atom. The van der Waals surface area contributed by atoms with Gasteiger partial charge in [-0.15, -0.1) is 0 Å². The average Bonchev–Trinajstić information content (AvgIpc) is 3.17. The van der Waals surface area contributed by atoms with Crippen LogP contribution in [0.15, 0.2) is 40.0 Å². The summed E-state index contributed by atoms with van der Waals surface area (Å²) in [4.78, 5) is 9.81. The Morgan fingerprint density at radius 3 is 2.71 bits per heavy atom. The van der Waals surface area contributed by atoms with E-state index in [-0.39, 0.29) is 6.10 Å². The molecule has 3 rings (SSSR count). The largest absolute Gasteiger partial charge is 0.387 e. The predicted octanol–water partition coefficient (Wildman–Crippen LogP) is 2.82. The molecule has 1 aliphatic rings. The van der Waals surface area contributed by atoms with Crippen molar-refractivity contribution in [3.05, 3.63) is 47.6 Å². The van der Waals surface area contributed by atoms with Gasteiger partial charge in [0.1, 0.15) is 11.3 Å². The maximum atomic E-state index is 5.46. The Kier molecular flexibility index (Phi) is 3.47. The third-order valence-electron chi connectivity index (χ3n) is 3.56. The minimum absolute atomic E-state index is 0.105. The number of rotatable bonds is 4. The van der Waals surface area contributed by atoms with E-state index in [0.29, 0.717) is 23.8 Å². The second-order valence-electron chi connectivity index (χ2n) is 5.38. The molecule has 0 aliphatic carbocycles. The maximum Gasteiger partial charge on any atom is 0.275 e. The number of aromatic nitrogens is 2. The van der Waals surface area contributed by atoms with Gasteiger partial charge in [0.15, 0.2) is 6.10 Å². The van der Waals surface area contributed by atoms with Gasteiger partial charge in [0.05, 0.1) is 0 Å². The van der Waals surface area contributed by atoms with Crippen molar-refractivity contribution >= 4 is 5.71 Å². The lowest BCUT2D eigenvalue weighted by Gasteiger charge is -2.17. The molecule has 0 saturated heterocycles. The monoisotopic (exact) mass is 287 g/mol. The third-order valence-corrected chi connectivity index (χ3v) is 3.56. The van der Waals surface area contributed by atoms with Gasteiger partial charge < -0.3 is 14.1 Å². The molecule has 1 aromatic heterocycles. The summed E-state index contributed by atoms with van der Waals surface area (Å²) < 4.78 is 10.6. The maximum absolute atomic E-state index is 5.46. The molecule has 21 heavy (non-hydrogen) atoms. The van der Waals surface area contributed by atoms with Gasteiger partial charge in [0.2, 0.25) is 5.82 Å². The Hall–Kier alpha value is -2.21. The standard InChI is InChI=1S/C15H17N3O3/c1-15(2,19-3)14-16-13(21-18-14)11-9-12(20-17-11)10-7-5-4-6-8-10/h4-8,12H,9H2,1-3H3. The summed E-state index contributed by atoms with van der Waals surface area (Å²) in [5.74, 6) is 0.874. The molecule has 0 spiro atoms. The number of methoxy groups -OCH3 is 1. The van der Waals surface area contributed by atoms with Crippen LogP contribution in [0.1, 0.15) is 43.7 Å². The lowest BCUT2D eigenvalue weighted by Crippen LogP contribution is -2.21. The highest BCUT2D eigenvalue weighted by Gasteiger charge is 2.31. The SMILES string of the molecule is COC(C)(C)c1noc(C2=NOC(c3ccccc3)C2)n1. The highest BCUT2D eigenvalue weighted by molar-refractivity contribution is 5.97. The van der Waals surface area contributed by atoms with Crippen molar-refractivity contribution in [1.82, 2.24) is 10.1 Å². The molecule has 110 valence electrons.